The van der Waals surface area contributed by atoms with Crippen LogP contribution in [0.3, 0.4) is 0 Å². The van der Waals surface area contributed by atoms with E-state index in [2.05, 4.69) is 10.3 Å². The molecule has 3 aromatic rings. The maximum absolute atomic E-state index is 12.8. The standard InChI is InChI=1S/C25H23ClN4O3S/c1-16-6-7-18(26)13-20(16)27-25-28-24(32)22(34-25)12-17-14-30(21-5-3-2-4-19(17)21)15-23(31)29-8-10-33-11-9-29/h2-7,12-14H,8-11,15H2,1H3,(H,27,28,32)/b22-12-. The van der Waals surface area contributed by atoms with Crippen molar-refractivity contribution >= 4 is 63.0 Å². The molecule has 9 heteroatoms. The van der Waals surface area contributed by atoms with Gasteiger partial charge in [0.05, 0.1) is 23.8 Å². The number of aromatic nitrogens is 1. The van der Waals surface area contributed by atoms with Gasteiger partial charge in [-0.25, -0.2) is 4.99 Å². The maximum Gasteiger partial charge on any atom is 0.264 e. The second kappa shape index (κ2) is 9.66. The summed E-state index contributed by atoms with van der Waals surface area (Å²) in [4.78, 5) is 32.4. The van der Waals surface area contributed by atoms with Gasteiger partial charge >= 0.3 is 0 Å². The van der Waals surface area contributed by atoms with Gasteiger partial charge in [-0.1, -0.05) is 35.9 Å². The first kappa shape index (κ1) is 22.7. The molecule has 0 aliphatic carbocycles. The molecule has 34 heavy (non-hydrogen) atoms. The van der Waals surface area contributed by atoms with E-state index < -0.39 is 0 Å². The Morgan fingerprint density at radius 1 is 1.24 bits per heavy atom. The average molecular weight is 495 g/mol. The number of rotatable bonds is 4. The Bertz CT molecular complexity index is 1340. The summed E-state index contributed by atoms with van der Waals surface area (Å²) in [5.74, 6) is -0.146. The fraction of sp³-hybridized carbons (Fsp3) is 0.240. The number of carbonyl (C=O) groups is 2. The molecule has 5 rings (SSSR count). The van der Waals surface area contributed by atoms with E-state index in [4.69, 9.17) is 16.3 Å². The Labute approximate surface area is 206 Å². The van der Waals surface area contributed by atoms with Crippen LogP contribution in [0.2, 0.25) is 5.02 Å². The molecule has 2 aliphatic rings. The Morgan fingerprint density at radius 3 is 2.85 bits per heavy atom. The summed E-state index contributed by atoms with van der Waals surface area (Å²) in [5, 5.41) is 4.91. The summed E-state index contributed by atoms with van der Waals surface area (Å²) in [6.07, 6.45) is 3.78. The zero-order valence-corrected chi connectivity index (χ0v) is 20.2. The molecule has 0 atom stereocenters. The zero-order valence-electron chi connectivity index (χ0n) is 18.6. The van der Waals surface area contributed by atoms with Gasteiger partial charge in [-0.2, -0.15) is 0 Å². The predicted octanol–water partition coefficient (Wildman–Crippen LogP) is 4.35. The molecule has 0 bridgehead atoms. The largest absolute Gasteiger partial charge is 0.378 e. The molecule has 1 aromatic heterocycles. The zero-order chi connectivity index (χ0) is 23.7. The highest BCUT2D eigenvalue weighted by Gasteiger charge is 2.25. The van der Waals surface area contributed by atoms with Gasteiger partial charge < -0.3 is 19.5 Å². The fourth-order valence-corrected chi connectivity index (χ4v) is 5.01. The van der Waals surface area contributed by atoms with Crippen LogP contribution in [0, 0.1) is 6.92 Å². The van der Waals surface area contributed by atoms with E-state index in [1.165, 1.54) is 11.8 Å². The van der Waals surface area contributed by atoms with E-state index in [0.29, 0.717) is 41.4 Å². The first-order chi connectivity index (χ1) is 16.5. The van der Waals surface area contributed by atoms with Gasteiger partial charge in [-0.3, -0.25) is 9.59 Å². The number of amidine groups is 1. The molecular weight excluding hydrogens is 472 g/mol. The number of fused-ring (bicyclic) bond motifs is 1. The van der Waals surface area contributed by atoms with Crippen molar-refractivity contribution in [3.05, 3.63) is 69.7 Å². The van der Waals surface area contributed by atoms with Gasteiger partial charge in [0.1, 0.15) is 6.54 Å². The number of benzene rings is 2. The van der Waals surface area contributed by atoms with Crippen molar-refractivity contribution in [1.82, 2.24) is 14.8 Å². The highest BCUT2D eigenvalue weighted by atomic mass is 35.5. The SMILES string of the molecule is Cc1ccc(Cl)cc1N=C1NC(=O)/C(=C/c2cn(CC(=O)N3CCOCC3)c3ccccc23)S1. The first-order valence-electron chi connectivity index (χ1n) is 11.0. The van der Waals surface area contributed by atoms with E-state index in [1.807, 2.05) is 65.1 Å². The lowest BCUT2D eigenvalue weighted by atomic mass is 10.1. The van der Waals surface area contributed by atoms with Crippen LogP contribution in [-0.4, -0.2) is 52.8 Å². The third-order valence-electron chi connectivity index (χ3n) is 5.82. The second-order valence-corrected chi connectivity index (χ2v) is 9.60. The first-order valence-corrected chi connectivity index (χ1v) is 12.2. The van der Waals surface area contributed by atoms with Crippen molar-refractivity contribution < 1.29 is 14.3 Å². The molecule has 0 saturated carbocycles. The van der Waals surface area contributed by atoms with E-state index in [-0.39, 0.29) is 18.4 Å². The number of carbonyl (C=O) groups excluding carboxylic acids is 2. The van der Waals surface area contributed by atoms with Crippen LogP contribution in [0.1, 0.15) is 11.1 Å². The van der Waals surface area contributed by atoms with Gasteiger partial charge in [-0.05, 0) is 48.5 Å². The van der Waals surface area contributed by atoms with Crippen molar-refractivity contribution in [2.24, 2.45) is 4.99 Å². The number of morpholine rings is 1. The van der Waals surface area contributed by atoms with Crippen LogP contribution >= 0.6 is 23.4 Å². The molecule has 1 N–H and O–H groups in total. The van der Waals surface area contributed by atoms with Crippen molar-refractivity contribution in [2.75, 3.05) is 26.3 Å². The van der Waals surface area contributed by atoms with Gasteiger partial charge in [0, 0.05) is 40.8 Å². The number of halogens is 1. The summed E-state index contributed by atoms with van der Waals surface area (Å²) in [6, 6.07) is 13.4. The molecule has 2 aromatic carbocycles. The molecule has 2 amide bonds. The summed E-state index contributed by atoms with van der Waals surface area (Å²) in [5.41, 5.74) is 3.51. The van der Waals surface area contributed by atoms with Crippen LogP contribution in [0.4, 0.5) is 5.69 Å². The minimum Gasteiger partial charge on any atom is -0.378 e. The third-order valence-corrected chi connectivity index (χ3v) is 6.96. The minimum atomic E-state index is -0.204. The van der Waals surface area contributed by atoms with Gasteiger partial charge in [-0.15, -0.1) is 0 Å². The molecule has 0 radical (unpaired) electrons. The molecule has 2 fully saturated rings. The molecule has 174 valence electrons. The van der Waals surface area contributed by atoms with Gasteiger partial charge in [0.2, 0.25) is 5.91 Å². The van der Waals surface area contributed by atoms with Gasteiger partial charge in [0.15, 0.2) is 5.17 Å². The Kier molecular flexibility index (Phi) is 6.45. The number of amides is 2. The monoisotopic (exact) mass is 494 g/mol. The Hall–Kier alpha value is -3.07. The number of aliphatic imine (C=N–C) groups is 1. The Balaban J connectivity index is 1.42. The topological polar surface area (TPSA) is 75.9 Å². The summed E-state index contributed by atoms with van der Waals surface area (Å²) in [7, 11) is 0. The molecule has 2 aliphatic heterocycles. The van der Waals surface area contributed by atoms with Crippen LogP contribution in [-0.2, 0) is 20.9 Å². The fourth-order valence-electron chi connectivity index (χ4n) is 4.01. The van der Waals surface area contributed by atoms with Crippen molar-refractivity contribution in [3.63, 3.8) is 0 Å². The number of thioether (sulfide) groups is 1. The molecule has 7 nitrogen and oxygen atoms in total. The van der Waals surface area contributed by atoms with E-state index in [9.17, 15) is 9.59 Å². The normalized spacial score (nSPS) is 18.8. The highest BCUT2D eigenvalue weighted by Crippen LogP contribution is 2.32. The van der Waals surface area contributed by atoms with Crippen molar-refractivity contribution in [2.45, 2.75) is 13.5 Å². The lowest BCUT2D eigenvalue weighted by Gasteiger charge is -2.27. The summed E-state index contributed by atoms with van der Waals surface area (Å²) in [6.45, 7) is 4.55. The van der Waals surface area contributed by atoms with Crippen LogP contribution in [0.25, 0.3) is 17.0 Å². The third kappa shape index (κ3) is 4.75. The number of ether oxygens (including phenoxy) is 1. The van der Waals surface area contributed by atoms with Crippen LogP contribution in [0.15, 0.2) is 58.6 Å². The number of hydrogen-bond donors (Lipinski definition) is 1. The highest BCUT2D eigenvalue weighted by molar-refractivity contribution is 8.18. The average Bonchev–Trinajstić information content (AvgIpc) is 3.36. The van der Waals surface area contributed by atoms with Gasteiger partial charge in [0.25, 0.3) is 5.91 Å². The molecule has 2 saturated heterocycles. The number of nitrogens with one attached hydrogen (secondary N) is 1. The van der Waals surface area contributed by atoms with E-state index >= 15 is 0 Å². The maximum atomic E-state index is 12.8. The summed E-state index contributed by atoms with van der Waals surface area (Å²) < 4.78 is 7.30. The van der Waals surface area contributed by atoms with Crippen LogP contribution in [0.5, 0.6) is 0 Å². The minimum absolute atomic E-state index is 0.0579. The molecule has 0 spiro atoms. The van der Waals surface area contributed by atoms with E-state index in [0.717, 1.165) is 27.7 Å². The molecule has 0 unspecified atom stereocenters. The number of para-hydroxylation sites is 1. The number of nitrogens with zero attached hydrogens (tertiary/aromatic N) is 3. The number of aryl methyl sites for hydroxylation is 1. The quantitative estimate of drug-likeness (QED) is 0.547. The van der Waals surface area contributed by atoms with Crippen molar-refractivity contribution in [1.29, 1.82) is 0 Å². The van der Waals surface area contributed by atoms with Crippen molar-refractivity contribution in [3.8, 4) is 0 Å². The second-order valence-electron chi connectivity index (χ2n) is 8.14. The van der Waals surface area contributed by atoms with E-state index in [1.54, 1.807) is 6.07 Å². The molecule has 3 heterocycles. The summed E-state index contributed by atoms with van der Waals surface area (Å²) >= 11 is 7.39. The Morgan fingerprint density at radius 2 is 2.03 bits per heavy atom. The lowest BCUT2D eigenvalue weighted by Crippen LogP contribution is -2.42. The number of hydrogen-bond acceptors (Lipinski definition) is 5. The lowest BCUT2D eigenvalue weighted by molar-refractivity contribution is -0.135. The smallest absolute Gasteiger partial charge is 0.264 e. The van der Waals surface area contributed by atoms with Crippen LogP contribution < -0.4 is 5.32 Å². The predicted molar refractivity (Wildman–Crippen MR) is 136 cm³/mol. The molecular formula is C25H23ClN4O3S.